The third-order valence-electron chi connectivity index (χ3n) is 4.54. The quantitative estimate of drug-likeness (QED) is 0.597. The summed E-state index contributed by atoms with van der Waals surface area (Å²) in [6.07, 6.45) is -0.719. The summed E-state index contributed by atoms with van der Waals surface area (Å²) in [7, 11) is 0. The molecular formula is C15H18N6O5S. The molecule has 0 aromatic carbocycles. The first kappa shape index (κ1) is 17.7. The van der Waals surface area contributed by atoms with Crippen molar-refractivity contribution >= 4 is 44.4 Å². The van der Waals surface area contributed by atoms with Crippen molar-refractivity contribution in [3.8, 4) is 0 Å². The molecule has 2 N–H and O–H groups in total. The van der Waals surface area contributed by atoms with Gasteiger partial charge in [0.05, 0.1) is 29.4 Å². The minimum Gasteiger partial charge on any atom is -0.444 e. The van der Waals surface area contributed by atoms with Crippen molar-refractivity contribution < 1.29 is 19.2 Å². The van der Waals surface area contributed by atoms with E-state index in [1.807, 2.05) is 0 Å². The zero-order valence-corrected chi connectivity index (χ0v) is 15.2. The highest BCUT2D eigenvalue weighted by Crippen LogP contribution is 2.36. The molecule has 1 unspecified atom stereocenters. The van der Waals surface area contributed by atoms with Gasteiger partial charge >= 0.3 is 11.8 Å². The Morgan fingerprint density at radius 1 is 1.33 bits per heavy atom. The molecule has 4 rings (SSSR count). The van der Waals surface area contributed by atoms with Gasteiger partial charge in [0.2, 0.25) is 5.82 Å². The zero-order valence-electron chi connectivity index (χ0n) is 14.4. The van der Waals surface area contributed by atoms with E-state index >= 15 is 0 Å². The van der Waals surface area contributed by atoms with E-state index in [1.165, 1.54) is 17.4 Å². The molecule has 2 aliphatic heterocycles. The van der Waals surface area contributed by atoms with Crippen molar-refractivity contribution in [1.29, 1.82) is 0 Å². The number of aromatic nitrogens is 2. The summed E-state index contributed by atoms with van der Waals surface area (Å²) >= 11 is 1.38. The fourth-order valence-electron chi connectivity index (χ4n) is 3.27. The number of nitrogens with zero attached hydrogens (tertiary/aromatic N) is 5. The van der Waals surface area contributed by atoms with Crippen molar-refractivity contribution in [1.82, 2.24) is 9.97 Å². The van der Waals surface area contributed by atoms with Crippen molar-refractivity contribution in [2.45, 2.75) is 12.5 Å². The standard InChI is InChI=1S/C15H18N6O5S/c16-14(22)26-9-1-2-20(8-9)13-10(21(23)24)7-11-12(17-13)18-15(27-11)19-3-5-25-6-4-19/h7,9H,1-6,8H2,(H2,16,22). The van der Waals surface area contributed by atoms with Crippen LogP contribution >= 0.6 is 11.3 Å². The lowest BCUT2D eigenvalue weighted by molar-refractivity contribution is -0.384. The normalized spacial score (nSPS) is 20.2. The number of carbonyl (C=O) groups excluding carboxylic acids is 1. The number of carbonyl (C=O) groups is 1. The van der Waals surface area contributed by atoms with Crippen LogP contribution in [0.3, 0.4) is 0 Å². The van der Waals surface area contributed by atoms with Crippen molar-refractivity contribution in [3.05, 3.63) is 16.2 Å². The second-order valence-electron chi connectivity index (χ2n) is 6.30. The number of fused-ring (bicyclic) bond motifs is 1. The minimum absolute atomic E-state index is 0.0839. The summed E-state index contributed by atoms with van der Waals surface area (Å²) in [4.78, 5) is 34.9. The molecule has 2 fully saturated rings. The van der Waals surface area contributed by atoms with E-state index in [0.717, 1.165) is 18.2 Å². The molecular weight excluding hydrogens is 376 g/mol. The molecule has 144 valence electrons. The molecule has 0 bridgehead atoms. The molecule has 2 aromatic rings. The van der Waals surface area contributed by atoms with Gasteiger partial charge in [-0.25, -0.2) is 9.78 Å². The fraction of sp³-hybridized carbons (Fsp3) is 0.533. The number of hydrogen-bond acceptors (Lipinski definition) is 10. The second kappa shape index (κ2) is 7.12. The van der Waals surface area contributed by atoms with Gasteiger partial charge in [-0.1, -0.05) is 11.3 Å². The number of rotatable bonds is 4. The predicted octanol–water partition coefficient (Wildman–Crippen LogP) is 1.11. The summed E-state index contributed by atoms with van der Waals surface area (Å²) in [6.45, 7) is 3.51. The molecule has 4 heterocycles. The third-order valence-corrected chi connectivity index (χ3v) is 5.59. The Labute approximate surface area is 157 Å². The lowest BCUT2D eigenvalue weighted by atomic mass is 10.3. The summed E-state index contributed by atoms with van der Waals surface area (Å²) in [5.74, 6) is 0.238. The average Bonchev–Trinajstić information content (AvgIpc) is 3.27. The van der Waals surface area contributed by atoms with Gasteiger partial charge in [-0.3, -0.25) is 10.1 Å². The zero-order chi connectivity index (χ0) is 19.0. The Hall–Kier alpha value is -2.73. The number of hydrogen-bond donors (Lipinski definition) is 1. The van der Waals surface area contributed by atoms with Gasteiger partial charge in [-0.15, -0.1) is 0 Å². The number of thiazole rings is 1. The smallest absolute Gasteiger partial charge is 0.404 e. The van der Waals surface area contributed by atoms with Crippen LogP contribution in [-0.2, 0) is 9.47 Å². The summed E-state index contributed by atoms with van der Waals surface area (Å²) < 4.78 is 11.0. The lowest BCUT2D eigenvalue weighted by Crippen LogP contribution is -2.36. The molecule has 0 radical (unpaired) electrons. The van der Waals surface area contributed by atoms with Crippen LogP contribution in [0.2, 0.25) is 0 Å². The molecule has 1 atom stereocenters. The van der Waals surface area contributed by atoms with E-state index in [0.29, 0.717) is 43.1 Å². The second-order valence-corrected chi connectivity index (χ2v) is 7.31. The van der Waals surface area contributed by atoms with Crippen LogP contribution in [0.25, 0.3) is 10.3 Å². The molecule has 27 heavy (non-hydrogen) atoms. The van der Waals surface area contributed by atoms with E-state index in [1.54, 1.807) is 4.90 Å². The number of nitrogens with two attached hydrogens (primary N) is 1. The Bertz CT molecular complexity index is 883. The van der Waals surface area contributed by atoms with Crippen LogP contribution in [0, 0.1) is 10.1 Å². The number of primary amides is 1. The fourth-order valence-corrected chi connectivity index (χ4v) is 4.26. The van der Waals surface area contributed by atoms with Gasteiger partial charge in [0, 0.05) is 32.1 Å². The number of amides is 1. The number of ether oxygens (including phenoxy) is 2. The van der Waals surface area contributed by atoms with Gasteiger partial charge < -0.3 is 25.0 Å². The van der Waals surface area contributed by atoms with E-state index in [2.05, 4.69) is 14.9 Å². The number of nitro groups is 1. The maximum Gasteiger partial charge on any atom is 0.404 e. The molecule has 11 nitrogen and oxygen atoms in total. The van der Waals surface area contributed by atoms with Crippen LogP contribution in [-0.4, -0.2) is 66.5 Å². The molecule has 2 aliphatic rings. The first-order valence-corrected chi connectivity index (χ1v) is 9.32. The summed E-state index contributed by atoms with van der Waals surface area (Å²) in [5, 5.41) is 12.4. The molecule has 2 saturated heterocycles. The van der Waals surface area contributed by atoms with Crippen molar-refractivity contribution in [3.63, 3.8) is 0 Å². The van der Waals surface area contributed by atoms with Gasteiger partial charge in [0.25, 0.3) is 0 Å². The van der Waals surface area contributed by atoms with Gasteiger partial charge in [-0.2, -0.15) is 4.98 Å². The number of anilines is 2. The Morgan fingerprint density at radius 3 is 2.81 bits per heavy atom. The first-order chi connectivity index (χ1) is 13.0. The first-order valence-electron chi connectivity index (χ1n) is 8.51. The summed E-state index contributed by atoms with van der Waals surface area (Å²) in [6, 6.07) is 1.52. The lowest BCUT2D eigenvalue weighted by Gasteiger charge is -2.25. The van der Waals surface area contributed by atoms with E-state index in [-0.39, 0.29) is 11.5 Å². The van der Waals surface area contributed by atoms with Gasteiger partial charge in [-0.05, 0) is 0 Å². The summed E-state index contributed by atoms with van der Waals surface area (Å²) in [5.41, 5.74) is 5.45. The van der Waals surface area contributed by atoms with Crippen molar-refractivity contribution in [2.75, 3.05) is 49.2 Å². The molecule has 0 aliphatic carbocycles. The highest BCUT2D eigenvalue weighted by molar-refractivity contribution is 7.22. The van der Waals surface area contributed by atoms with Crippen LogP contribution < -0.4 is 15.5 Å². The largest absolute Gasteiger partial charge is 0.444 e. The van der Waals surface area contributed by atoms with E-state index in [4.69, 9.17) is 15.2 Å². The average molecular weight is 394 g/mol. The van der Waals surface area contributed by atoms with Gasteiger partial charge in [0.15, 0.2) is 10.8 Å². The maximum absolute atomic E-state index is 11.6. The van der Waals surface area contributed by atoms with Crippen LogP contribution in [0.15, 0.2) is 6.07 Å². The molecule has 2 aromatic heterocycles. The van der Waals surface area contributed by atoms with Crippen LogP contribution in [0.4, 0.5) is 21.4 Å². The maximum atomic E-state index is 11.6. The Balaban J connectivity index is 1.66. The Kier molecular flexibility index (Phi) is 4.66. The SMILES string of the molecule is NC(=O)OC1CCN(c2nc3nc(N4CCOCC4)sc3cc2[N+](=O)[O-])C1. The monoisotopic (exact) mass is 394 g/mol. The number of morpholine rings is 1. The predicted molar refractivity (Wildman–Crippen MR) is 98.4 cm³/mol. The van der Waals surface area contributed by atoms with E-state index < -0.39 is 17.1 Å². The van der Waals surface area contributed by atoms with Crippen LogP contribution in [0.1, 0.15) is 6.42 Å². The van der Waals surface area contributed by atoms with Gasteiger partial charge in [0.1, 0.15) is 6.10 Å². The third kappa shape index (κ3) is 3.57. The molecule has 1 amide bonds. The molecule has 0 saturated carbocycles. The highest BCUT2D eigenvalue weighted by Gasteiger charge is 2.32. The molecule has 12 heteroatoms. The van der Waals surface area contributed by atoms with Crippen LogP contribution in [0.5, 0.6) is 0 Å². The highest BCUT2D eigenvalue weighted by atomic mass is 32.1. The Morgan fingerprint density at radius 2 is 2.11 bits per heavy atom. The van der Waals surface area contributed by atoms with Crippen molar-refractivity contribution in [2.24, 2.45) is 5.73 Å². The van der Waals surface area contributed by atoms with E-state index in [9.17, 15) is 14.9 Å². The minimum atomic E-state index is -0.852. The number of pyridine rings is 1. The molecule has 0 spiro atoms. The topological polar surface area (TPSA) is 137 Å².